The molecular weight excluding hydrogens is 248 g/mol. The van der Waals surface area contributed by atoms with Crippen LogP contribution in [0.1, 0.15) is 18.4 Å². The van der Waals surface area contributed by atoms with Gasteiger partial charge in [-0.25, -0.2) is 4.98 Å². The molecule has 0 aliphatic rings. The molecule has 1 N–H and O–H groups in total. The third-order valence-electron chi connectivity index (χ3n) is 2.60. The number of rotatable bonds is 6. The molecule has 0 aliphatic heterocycles. The van der Waals surface area contributed by atoms with Crippen molar-refractivity contribution in [1.29, 1.82) is 0 Å². The molecule has 0 fully saturated rings. The zero-order valence-corrected chi connectivity index (χ0v) is 11.1. The number of para-hydroxylation sites is 1. The van der Waals surface area contributed by atoms with Crippen LogP contribution in [0.5, 0.6) is 0 Å². The predicted molar refractivity (Wildman–Crippen MR) is 72.8 cm³/mol. The quantitative estimate of drug-likeness (QED) is 0.871. The van der Waals surface area contributed by atoms with Gasteiger partial charge in [0.15, 0.2) is 0 Å². The number of nitrogens with zero attached hydrogens (tertiary/aromatic N) is 2. The maximum absolute atomic E-state index is 10.8. The normalized spacial score (nSPS) is 11.2. The summed E-state index contributed by atoms with van der Waals surface area (Å²) in [6.07, 6.45) is 0.943. The molecule has 1 aromatic carbocycles. The Balaban J connectivity index is 2.12. The molecule has 0 amide bonds. The monoisotopic (exact) mass is 264 g/mol. The second-order valence-corrected chi connectivity index (χ2v) is 5.29. The summed E-state index contributed by atoms with van der Waals surface area (Å²) in [5.74, 6) is -0.787. The van der Waals surface area contributed by atoms with E-state index in [1.165, 1.54) is 0 Å². The van der Waals surface area contributed by atoms with Crippen molar-refractivity contribution in [1.82, 2.24) is 9.88 Å². The minimum absolute atomic E-state index is 0.0732. The van der Waals surface area contributed by atoms with E-state index in [-0.39, 0.29) is 6.54 Å². The lowest BCUT2D eigenvalue weighted by Gasteiger charge is -2.17. The molecule has 0 atom stereocenters. The number of thiazole rings is 1. The summed E-state index contributed by atoms with van der Waals surface area (Å²) in [4.78, 5) is 17.2. The molecule has 0 bridgehead atoms. The number of hydrogen-bond acceptors (Lipinski definition) is 4. The third kappa shape index (κ3) is 3.27. The first kappa shape index (κ1) is 13.0. The van der Waals surface area contributed by atoms with E-state index in [1.54, 1.807) is 11.3 Å². The third-order valence-corrected chi connectivity index (χ3v) is 3.62. The lowest BCUT2D eigenvalue weighted by Crippen LogP contribution is -2.29. The van der Waals surface area contributed by atoms with Gasteiger partial charge in [0, 0.05) is 0 Å². The van der Waals surface area contributed by atoms with Crippen LogP contribution in [0.25, 0.3) is 10.2 Å². The topological polar surface area (TPSA) is 53.4 Å². The number of carbonyl (C=O) groups is 1. The van der Waals surface area contributed by atoms with E-state index in [1.807, 2.05) is 36.1 Å². The lowest BCUT2D eigenvalue weighted by atomic mass is 10.3. The second-order valence-electron chi connectivity index (χ2n) is 4.18. The maximum atomic E-state index is 10.8. The van der Waals surface area contributed by atoms with E-state index in [0.29, 0.717) is 6.54 Å². The molecule has 2 rings (SSSR count). The summed E-state index contributed by atoms with van der Waals surface area (Å²) in [7, 11) is 0. The fraction of sp³-hybridized carbons (Fsp3) is 0.385. The van der Waals surface area contributed by atoms with Crippen LogP contribution in [0, 0.1) is 0 Å². The van der Waals surface area contributed by atoms with Gasteiger partial charge in [-0.2, -0.15) is 0 Å². The standard InChI is InChI=1S/C13H16N2O2S/c1-2-7-15(9-13(16)17)8-12-14-10-5-3-4-6-11(10)18-12/h3-6H,2,7-9H2,1H3,(H,16,17). The van der Waals surface area contributed by atoms with E-state index >= 15 is 0 Å². The molecule has 0 saturated carbocycles. The number of aromatic nitrogens is 1. The molecule has 96 valence electrons. The molecule has 5 heteroatoms. The Morgan fingerprint density at radius 2 is 2.22 bits per heavy atom. The molecule has 4 nitrogen and oxygen atoms in total. The smallest absolute Gasteiger partial charge is 0.317 e. The molecule has 2 aromatic rings. The number of fused-ring (bicyclic) bond motifs is 1. The van der Waals surface area contributed by atoms with Gasteiger partial charge in [-0.1, -0.05) is 19.1 Å². The van der Waals surface area contributed by atoms with Crippen molar-refractivity contribution in [2.45, 2.75) is 19.9 Å². The zero-order chi connectivity index (χ0) is 13.0. The van der Waals surface area contributed by atoms with Crippen LogP contribution >= 0.6 is 11.3 Å². The first-order valence-electron chi connectivity index (χ1n) is 5.97. The zero-order valence-electron chi connectivity index (χ0n) is 10.3. The minimum Gasteiger partial charge on any atom is -0.480 e. The van der Waals surface area contributed by atoms with Gasteiger partial charge < -0.3 is 5.11 Å². The van der Waals surface area contributed by atoms with Crippen LogP contribution < -0.4 is 0 Å². The van der Waals surface area contributed by atoms with Crippen LogP contribution in [-0.2, 0) is 11.3 Å². The van der Waals surface area contributed by atoms with E-state index in [4.69, 9.17) is 5.11 Å². The van der Waals surface area contributed by atoms with E-state index < -0.39 is 5.97 Å². The molecule has 0 radical (unpaired) electrons. The molecule has 0 saturated heterocycles. The van der Waals surface area contributed by atoms with Crippen LogP contribution in [-0.4, -0.2) is 34.0 Å². The molecule has 1 aromatic heterocycles. The van der Waals surface area contributed by atoms with Crippen molar-refractivity contribution in [3.8, 4) is 0 Å². The highest BCUT2D eigenvalue weighted by molar-refractivity contribution is 7.18. The summed E-state index contributed by atoms with van der Waals surface area (Å²) in [5, 5.41) is 9.85. The summed E-state index contributed by atoms with van der Waals surface area (Å²) >= 11 is 1.63. The van der Waals surface area contributed by atoms with Crippen molar-refractivity contribution in [2.75, 3.05) is 13.1 Å². The summed E-state index contributed by atoms with van der Waals surface area (Å²) in [6.45, 7) is 3.51. The predicted octanol–water partition coefficient (Wildman–Crippen LogP) is 2.59. The van der Waals surface area contributed by atoms with Crippen molar-refractivity contribution < 1.29 is 9.90 Å². The molecular formula is C13H16N2O2S. The second kappa shape index (κ2) is 5.93. The van der Waals surface area contributed by atoms with Gasteiger partial charge in [0.25, 0.3) is 0 Å². The highest BCUT2D eigenvalue weighted by Gasteiger charge is 2.12. The highest BCUT2D eigenvalue weighted by atomic mass is 32.1. The van der Waals surface area contributed by atoms with Crippen LogP contribution in [0.15, 0.2) is 24.3 Å². The molecule has 18 heavy (non-hydrogen) atoms. The van der Waals surface area contributed by atoms with E-state index in [9.17, 15) is 4.79 Å². The Morgan fingerprint density at radius 1 is 1.44 bits per heavy atom. The highest BCUT2D eigenvalue weighted by Crippen LogP contribution is 2.22. The largest absolute Gasteiger partial charge is 0.480 e. The number of carboxylic acids is 1. The molecule has 0 aliphatic carbocycles. The number of carboxylic acid groups (broad SMARTS) is 1. The van der Waals surface area contributed by atoms with Gasteiger partial charge in [-0.15, -0.1) is 11.3 Å². The van der Waals surface area contributed by atoms with Gasteiger partial charge in [-0.3, -0.25) is 9.69 Å². The van der Waals surface area contributed by atoms with Gasteiger partial charge in [0.1, 0.15) is 5.01 Å². The first-order chi connectivity index (χ1) is 8.69. The van der Waals surface area contributed by atoms with E-state index in [0.717, 1.165) is 28.2 Å². The SMILES string of the molecule is CCCN(CC(=O)O)Cc1nc2ccccc2s1. The number of benzene rings is 1. The Morgan fingerprint density at radius 3 is 2.89 bits per heavy atom. The van der Waals surface area contributed by atoms with Gasteiger partial charge >= 0.3 is 5.97 Å². The molecule has 1 heterocycles. The Hall–Kier alpha value is -1.46. The van der Waals surface area contributed by atoms with Crippen molar-refractivity contribution in [3.63, 3.8) is 0 Å². The Bertz CT molecular complexity index is 506. The van der Waals surface area contributed by atoms with E-state index in [2.05, 4.69) is 4.98 Å². The fourth-order valence-corrected chi connectivity index (χ4v) is 2.91. The summed E-state index contributed by atoms with van der Waals surface area (Å²) < 4.78 is 1.15. The Labute approximate surface area is 110 Å². The lowest BCUT2D eigenvalue weighted by molar-refractivity contribution is -0.138. The van der Waals surface area contributed by atoms with Crippen molar-refractivity contribution >= 4 is 27.5 Å². The minimum atomic E-state index is -0.787. The van der Waals surface area contributed by atoms with Crippen molar-refractivity contribution in [3.05, 3.63) is 29.3 Å². The maximum Gasteiger partial charge on any atom is 0.317 e. The number of aliphatic carboxylic acids is 1. The average molecular weight is 264 g/mol. The number of hydrogen-bond donors (Lipinski definition) is 1. The fourth-order valence-electron chi connectivity index (χ4n) is 1.90. The van der Waals surface area contributed by atoms with Crippen LogP contribution in [0.3, 0.4) is 0 Å². The van der Waals surface area contributed by atoms with Gasteiger partial charge in [-0.05, 0) is 25.1 Å². The van der Waals surface area contributed by atoms with Crippen molar-refractivity contribution in [2.24, 2.45) is 0 Å². The molecule has 0 spiro atoms. The average Bonchev–Trinajstić information content (AvgIpc) is 2.70. The van der Waals surface area contributed by atoms with Crippen LogP contribution in [0.2, 0.25) is 0 Å². The molecule has 0 unspecified atom stereocenters. The van der Waals surface area contributed by atoms with Crippen LogP contribution in [0.4, 0.5) is 0 Å². The van der Waals surface area contributed by atoms with Gasteiger partial charge in [0.05, 0.1) is 23.3 Å². The summed E-state index contributed by atoms with van der Waals surface area (Å²) in [5.41, 5.74) is 0.990. The summed E-state index contributed by atoms with van der Waals surface area (Å²) in [6, 6.07) is 7.98. The van der Waals surface area contributed by atoms with Gasteiger partial charge in [0.2, 0.25) is 0 Å². The Kier molecular flexibility index (Phi) is 4.28. The first-order valence-corrected chi connectivity index (χ1v) is 6.79.